The minimum absolute atomic E-state index is 0.823. The Bertz CT molecular complexity index is 482. The fourth-order valence-corrected chi connectivity index (χ4v) is 2.29. The van der Waals surface area contributed by atoms with Crippen molar-refractivity contribution in [3.8, 4) is 0 Å². The molecule has 5 nitrogen and oxygen atoms in total. The topological polar surface area (TPSA) is 62.7 Å². The van der Waals surface area contributed by atoms with Gasteiger partial charge in [-0.3, -0.25) is 0 Å². The Morgan fingerprint density at radius 2 is 2.31 bits per heavy atom. The van der Waals surface area contributed by atoms with Crippen molar-refractivity contribution < 1.29 is 0 Å². The fraction of sp³-hybridized carbons (Fsp3) is 0.300. The number of rotatable bonds is 2. The molecule has 2 N–H and O–H groups in total. The van der Waals surface area contributed by atoms with E-state index in [0.717, 1.165) is 41.7 Å². The second kappa shape index (κ2) is 4.15. The molecule has 1 aliphatic heterocycles. The Morgan fingerprint density at radius 3 is 3.19 bits per heavy atom. The van der Waals surface area contributed by atoms with Crippen molar-refractivity contribution in [1.29, 1.82) is 0 Å². The molecule has 0 radical (unpaired) electrons. The highest BCUT2D eigenvalue weighted by atomic mass is 32.1. The Hall–Kier alpha value is -1.53. The highest BCUT2D eigenvalue weighted by Crippen LogP contribution is 2.23. The maximum atomic E-state index is 4.30. The van der Waals surface area contributed by atoms with Gasteiger partial charge in [0.1, 0.15) is 12.1 Å². The van der Waals surface area contributed by atoms with Gasteiger partial charge in [0.2, 0.25) is 0 Å². The summed E-state index contributed by atoms with van der Waals surface area (Å²) in [6.07, 6.45) is 4.35. The van der Waals surface area contributed by atoms with Crippen LogP contribution in [-0.2, 0) is 13.0 Å². The van der Waals surface area contributed by atoms with E-state index in [9.17, 15) is 0 Å². The summed E-state index contributed by atoms with van der Waals surface area (Å²) in [4.78, 5) is 12.8. The Balaban J connectivity index is 1.94. The Morgan fingerprint density at radius 1 is 1.31 bits per heavy atom. The summed E-state index contributed by atoms with van der Waals surface area (Å²) in [6, 6.07) is 0. The lowest BCUT2D eigenvalue weighted by molar-refractivity contribution is 0.627. The van der Waals surface area contributed by atoms with Crippen LogP contribution in [-0.4, -0.2) is 21.5 Å². The third-order valence-corrected chi connectivity index (χ3v) is 3.22. The number of nitrogens with zero attached hydrogens (tertiary/aromatic N) is 3. The minimum atomic E-state index is 0.823. The molecule has 16 heavy (non-hydrogen) atoms. The summed E-state index contributed by atoms with van der Waals surface area (Å²) in [5.41, 5.74) is 2.29. The average molecular weight is 233 g/mol. The summed E-state index contributed by atoms with van der Waals surface area (Å²) in [6.45, 7) is 1.81. The zero-order valence-corrected chi connectivity index (χ0v) is 9.42. The van der Waals surface area contributed by atoms with Gasteiger partial charge in [0.25, 0.3) is 0 Å². The average Bonchev–Trinajstić information content (AvgIpc) is 2.82. The van der Waals surface area contributed by atoms with Crippen LogP contribution in [0.15, 0.2) is 17.9 Å². The number of hydrogen-bond acceptors (Lipinski definition) is 6. The SMILES string of the molecule is c1csc(Nc2ncnc3c2CNCC3)n1. The van der Waals surface area contributed by atoms with Gasteiger partial charge in [-0.15, -0.1) is 11.3 Å². The predicted octanol–water partition coefficient (Wildman–Crippen LogP) is 1.32. The van der Waals surface area contributed by atoms with Crippen molar-refractivity contribution in [3.63, 3.8) is 0 Å². The van der Waals surface area contributed by atoms with Gasteiger partial charge >= 0.3 is 0 Å². The maximum absolute atomic E-state index is 4.30. The van der Waals surface area contributed by atoms with Crippen molar-refractivity contribution in [1.82, 2.24) is 20.3 Å². The van der Waals surface area contributed by atoms with Gasteiger partial charge in [-0.2, -0.15) is 0 Å². The quantitative estimate of drug-likeness (QED) is 0.819. The zero-order valence-electron chi connectivity index (χ0n) is 8.60. The van der Waals surface area contributed by atoms with Gasteiger partial charge in [-0.05, 0) is 0 Å². The number of aromatic nitrogens is 3. The van der Waals surface area contributed by atoms with Gasteiger partial charge in [0, 0.05) is 36.7 Å². The number of anilines is 2. The molecule has 0 bridgehead atoms. The largest absolute Gasteiger partial charge is 0.316 e. The molecule has 0 unspecified atom stereocenters. The summed E-state index contributed by atoms with van der Waals surface area (Å²) < 4.78 is 0. The standard InChI is InChI=1S/C10H11N5S/c1-2-11-5-7-8(1)13-6-14-9(7)15-10-12-3-4-16-10/h3-4,6,11H,1-2,5H2,(H,12,13,14,15). The van der Waals surface area contributed by atoms with E-state index in [1.807, 2.05) is 5.38 Å². The van der Waals surface area contributed by atoms with Gasteiger partial charge in [-0.25, -0.2) is 15.0 Å². The molecule has 0 atom stereocenters. The highest BCUT2D eigenvalue weighted by Gasteiger charge is 2.15. The fourth-order valence-electron chi connectivity index (χ4n) is 1.76. The van der Waals surface area contributed by atoms with Crippen molar-refractivity contribution in [3.05, 3.63) is 29.2 Å². The van der Waals surface area contributed by atoms with Gasteiger partial charge < -0.3 is 10.6 Å². The predicted molar refractivity (Wildman–Crippen MR) is 62.8 cm³/mol. The van der Waals surface area contributed by atoms with E-state index >= 15 is 0 Å². The van der Waals surface area contributed by atoms with Crippen molar-refractivity contribution in [2.75, 3.05) is 11.9 Å². The van der Waals surface area contributed by atoms with Gasteiger partial charge in [0.15, 0.2) is 5.13 Å². The molecule has 0 amide bonds. The second-order valence-electron chi connectivity index (χ2n) is 3.54. The maximum Gasteiger partial charge on any atom is 0.188 e. The molecule has 82 valence electrons. The van der Waals surface area contributed by atoms with E-state index in [2.05, 4.69) is 25.6 Å². The molecule has 0 fully saturated rings. The van der Waals surface area contributed by atoms with Crippen LogP contribution >= 0.6 is 11.3 Å². The molecular formula is C10H11N5S. The minimum Gasteiger partial charge on any atom is -0.316 e. The monoisotopic (exact) mass is 233 g/mol. The molecule has 0 saturated carbocycles. The molecule has 3 heterocycles. The smallest absolute Gasteiger partial charge is 0.188 e. The molecule has 2 aromatic rings. The highest BCUT2D eigenvalue weighted by molar-refractivity contribution is 7.13. The van der Waals surface area contributed by atoms with Crippen LogP contribution in [0.25, 0.3) is 0 Å². The first-order chi connectivity index (χ1) is 7.93. The van der Waals surface area contributed by atoms with Crippen LogP contribution in [0.3, 0.4) is 0 Å². The number of nitrogens with one attached hydrogen (secondary N) is 2. The Labute approximate surface area is 97.0 Å². The summed E-state index contributed by atoms with van der Waals surface area (Å²) in [5, 5.41) is 9.36. The molecule has 0 aromatic carbocycles. The first-order valence-corrected chi connectivity index (χ1v) is 6.01. The van der Waals surface area contributed by atoms with Crippen molar-refractivity contribution in [2.24, 2.45) is 0 Å². The molecule has 1 aliphatic rings. The van der Waals surface area contributed by atoms with Crippen molar-refractivity contribution >= 4 is 22.3 Å². The van der Waals surface area contributed by atoms with Crippen LogP contribution in [0.5, 0.6) is 0 Å². The molecule has 0 saturated heterocycles. The third-order valence-electron chi connectivity index (χ3n) is 2.53. The van der Waals surface area contributed by atoms with Crippen molar-refractivity contribution in [2.45, 2.75) is 13.0 Å². The lowest BCUT2D eigenvalue weighted by Crippen LogP contribution is -2.25. The normalized spacial score (nSPS) is 14.5. The van der Waals surface area contributed by atoms with E-state index in [1.165, 1.54) is 0 Å². The molecular weight excluding hydrogens is 222 g/mol. The number of thiazole rings is 1. The second-order valence-corrected chi connectivity index (χ2v) is 4.43. The van der Waals surface area contributed by atoms with E-state index < -0.39 is 0 Å². The molecule has 0 aliphatic carbocycles. The van der Waals surface area contributed by atoms with Gasteiger partial charge in [0.05, 0.1) is 5.69 Å². The first-order valence-electron chi connectivity index (χ1n) is 5.13. The summed E-state index contributed by atoms with van der Waals surface area (Å²) >= 11 is 1.57. The zero-order chi connectivity index (χ0) is 10.8. The van der Waals surface area contributed by atoms with Crippen LogP contribution in [0.2, 0.25) is 0 Å². The van der Waals surface area contributed by atoms with E-state index in [4.69, 9.17) is 0 Å². The molecule has 6 heteroatoms. The van der Waals surface area contributed by atoms with E-state index in [0.29, 0.717) is 0 Å². The van der Waals surface area contributed by atoms with Crippen LogP contribution in [0.1, 0.15) is 11.3 Å². The number of hydrogen-bond donors (Lipinski definition) is 2. The lowest BCUT2D eigenvalue weighted by atomic mass is 10.1. The van der Waals surface area contributed by atoms with Gasteiger partial charge in [-0.1, -0.05) is 0 Å². The van der Waals surface area contributed by atoms with E-state index in [1.54, 1.807) is 23.9 Å². The summed E-state index contributed by atoms with van der Waals surface area (Å²) in [7, 11) is 0. The lowest BCUT2D eigenvalue weighted by Gasteiger charge is -2.18. The first kappa shape index (κ1) is 9.68. The van der Waals surface area contributed by atoms with Crippen LogP contribution in [0.4, 0.5) is 10.9 Å². The third kappa shape index (κ3) is 1.77. The molecule has 3 rings (SSSR count). The van der Waals surface area contributed by atoms with Crippen LogP contribution in [0, 0.1) is 0 Å². The Kier molecular flexibility index (Phi) is 2.51. The van der Waals surface area contributed by atoms with Crippen LogP contribution < -0.4 is 10.6 Å². The molecule has 2 aromatic heterocycles. The summed E-state index contributed by atoms with van der Waals surface area (Å²) in [5.74, 6) is 0.868. The number of fused-ring (bicyclic) bond motifs is 1. The van der Waals surface area contributed by atoms with E-state index in [-0.39, 0.29) is 0 Å². The molecule has 0 spiro atoms.